The van der Waals surface area contributed by atoms with Gasteiger partial charge in [-0.2, -0.15) is 0 Å². The molecule has 0 bridgehead atoms. The summed E-state index contributed by atoms with van der Waals surface area (Å²) in [6.45, 7) is 3.98. The van der Waals surface area contributed by atoms with Crippen LogP contribution in [0.25, 0.3) is 10.4 Å². The Labute approximate surface area is 77.3 Å². The Kier molecular flexibility index (Phi) is 3.54. The van der Waals surface area contributed by atoms with Gasteiger partial charge in [-0.05, 0) is 17.9 Å². The van der Waals surface area contributed by atoms with Gasteiger partial charge in [-0.15, -0.1) is 0 Å². The first-order chi connectivity index (χ1) is 6.19. The summed E-state index contributed by atoms with van der Waals surface area (Å²) in [5.74, 6) is 0.185. The summed E-state index contributed by atoms with van der Waals surface area (Å²) in [5.41, 5.74) is 8.32. The molecule has 13 heavy (non-hydrogen) atoms. The highest BCUT2D eigenvalue weighted by Crippen LogP contribution is 2.28. The first-order valence-electron chi connectivity index (χ1n) is 4.56. The van der Waals surface area contributed by atoms with Gasteiger partial charge in [0.05, 0.1) is 6.10 Å². The second-order valence-corrected chi connectivity index (χ2v) is 3.40. The molecule has 0 amide bonds. The van der Waals surface area contributed by atoms with Crippen LogP contribution in [0.15, 0.2) is 5.11 Å². The fourth-order valence-corrected chi connectivity index (χ4v) is 1.74. The molecule has 4 atom stereocenters. The van der Waals surface area contributed by atoms with Gasteiger partial charge in [0, 0.05) is 17.4 Å². The molecule has 0 radical (unpaired) electrons. The quantitative estimate of drug-likeness (QED) is 0.404. The Bertz CT molecular complexity index is 215. The van der Waals surface area contributed by atoms with Crippen molar-refractivity contribution < 1.29 is 9.84 Å². The zero-order valence-electron chi connectivity index (χ0n) is 7.92. The van der Waals surface area contributed by atoms with Crippen LogP contribution in [0.3, 0.4) is 0 Å². The number of hydrogen-bond donors (Lipinski definition) is 1. The molecule has 0 aliphatic carbocycles. The number of nitrogens with zero attached hydrogens (tertiary/aromatic N) is 3. The summed E-state index contributed by atoms with van der Waals surface area (Å²) >= 11 is 0. The normalized spacial score (nSPS) is 39.6. The van der Waals surface area contributed by atoms with Crippen molar-refractivity contribution in [3.8, 4) is 0 Å². The Balaban J connectivity index is 2.68. The summed E-state index contributed by atoms with van der Waals surface area (Å²) in [7, 11) is 0. The van der Waals surface area contributed by atoms with Crippen LogP contribution in [0.5, 0.6) is 0 Å². The summed E-state index contributed by atoms with van der Waals surface area (Å²) in [5, 5.41) is 13.0. The van der Waals surface area contributed by atoms with Crippen molar-refractivity contribution in [1.29, 1.82) is 0 Å². The van der Waals surface area contributed by atoms with Crippen molar-refractivity contribution in [3.63, 3.8) is 0 Å². The molecule has 0 aromatic rings. The minimum absolute atomic E-state index is 0.000694. The van der Waals surface area contributed by atoms with Crippen molar-refractivity contribution in [2.45, 2.75) is 45.1 Å². The molecule has 1 aliphatic rings. The van der Waals surface area contributed by atoms with E-state index in [1.165, 1.54) is 0 Å². The van der Waals surface area contributed by atoms with Crippen molar-refractivity contribution in [2.75, 3.05) is 0 Å². The van der Waals surface area contributed by atoms with E-state index in [-0.39, 0.29) is 18.1 Å². The lowest BCUT2D eigenvalue weighted by Gasteiger charge is -2.36. The fourth-order valence-electron chi connectivity index (χ4n) is 1.74. The molecule has 1 fully saturated rings. The third kappa shape index (κ3) is 2.34. The Morgan fingerprint density at radius 1 is 1.69 bits per heavy atom. The molecule has 0 aromatic carbocycles. The van der Waals surface area contributed by atoms with Gasteiger partial charge < -0.3 is 9.84 Å². The Morgan fingerprint density at radius 3 is 2.92 bits per heavy atom. The van der Waals surface area contributed by atoms with E-state index >= 15 is 0 Å². The molecular formula is C8H15N3O2. The highest BCUT2D eigenvalue weighted by molar-refractivity contribution is 4.84. The monoisotopic (exact) mass is 185 g/mol. The average Bonchev–Trinajstić information content (AvgIpc) is 2.11. The van der Waals surface area contributed by atoms with Gasteiger partial charge in [-0.25, -0.2) is 0 Å². The van der Waals surface area contributed by atoms with Crippen LogP contribution < -0.4 is 0 Å². The number of hydrogen-bond acceptors (Lipinski definition) is 3. The zero-order chi connectivity index (χ0) is 9.84. The molecule has 1 rings (SSSR count). The van der Waals surface area contributed by atoms with Crippen LogP contribution in [0, 0.1) is 5.92 Å². The van der Waals surface area contributed by atoms with Crippen LogP contribution in [-0.4, -0.2) is 23.5 Å². The SMILES string of the molecule is CC[C@H]1OC(O)CC(N=[N+]=[N-])[C@@H]1C. The van der Waals surface area contributed by atoms with E-state index < -0.39 is 6.29 Å². The molecule has 0 saturated carbocycles. The number of aliphatic hydroxyl groups is 1. The lowest BCUT2D eigenvalue weighted by Crippen LogP contribution is -2.41. The van der Waals surface area contributed by atoms with E-state index in [2.05, 4.69) is 10.0 Å². The molecule has 2 unspecified atom stereocenters. The third-order valence-corrected chi connectivity index (χ3v) is 2.57. The Morgan fingerprint density at radius 2 is 2.38 bits per heavy atom. The molecule has 0 aromatic heterocycles. The number of ether oxygens (including phenoxy) is 1. The van der Waals surface area contributed by atoms with Crippen LogP contribution in [0.4, 0.5) is 0 Å². The van der Waals surface area contributed by atoms with Gasteiger partial charge in [0.15, 0.2) is 6.29 Å². The second kappa shape index (κ2) is 4.46. The van der Waals surface area contributed by atoms with Crippen LogP contribution in [-0.2, 0) is 4.74 Å². The highest BCUT2D eigenvalue weighted by atomic mass is 16.6. The van der Waals surface area contributed by atoms with Gasteiger partial charge in [-0.1, -0.05) is 19.0 Å². The molecule has 1 heterocycles. The van der Waals surface area contributed by atoms with E-state index in [0.717, 1.165) is 6.42 Å². The summed E-state index contributed by atoms with van der Waals surface area (Å²) in [6.07, 6.45) is 0.452. The number of aliphatic hydroxyl groups excluding tert-OH is 1. The molecule has 1 N–H and O–H groups in total. The minimum Gasteiger partial charge on any atom is -0.368 e. The van der Waals surface area contributed by atoms with Crippen molar-refractivity contribution in [1.82, 2.24) is 0 Å². The van der Waals surface area contributed by atoms with Gasteiger partial charge in [0.1, 0.15) is 0 Å². The van der Waals surface area contributed by atoms with Crippen LogP contribution in [0.2, 0.25) is 0 Å². The summed E-state index contributed by atoms with van der Waals surface area (Å²) in [4.78, 5) is 2.77. The largest absolute Gasteiger partial charge is 0.368 e. The van der Waals surface area contributed by atoms with Crippen molar-refractivity contribution in [3.05, 3.63) is 10.4 Å². The van der Waals surface area contributed by atoms with E-state index in [1.54, 1.807) is 0 Å². The first-order valence-corrected chi connectivity index (χ1v) is 4.56. The molecule has 0 spiro atoms. The van der Waals surface area contributed by atoms with Gasteiger partial charge in [0.25, 0.3) is 0 Å². The lowest BCUT2D eigenvalue weighted by atomic mass is 9.89. The number of rotatable bonds is 2. The topological polar surface area (TPSA) is 78.2 Å². The molecule has 1 aliphatic heterocycles. The molecule has 1 saturated heterocycles. The van der Waals surface area contributed by atoms with Crippen molar-refractivity contribution in [2.24, 2.45) is 11.0 Å². The van der Waals surface area contributed by atoms with E-state index in [1.807, 2.05) is 13.8 Å². The maximum Gasteiger partial charge on any atom is 0.155 e. The van der Waals surface area contributed by atoms with Gasteiger partial charge in [-0.3, -0.25) is 0 Å². The number of azide groups is 1. The van der Waals surface area contributed by atoms with Crippen molar-refractivity contribution >= 4 is 0 Å². The highest BCUT2D eigenvalue weighted by Gasteiger charge is 2.33. The average molecular weight is 185 g/mol. The maximum atomic E-state index is 9.32. The van der Waals surface area contributed by atoms with E-state index in [4.69, 9.17) is 10.3 Å². The summed E-state index contributed by atoms with van der Waals surface area (Å²) in [6, 6.07) is -0.140. The standard InChI is InChI=1S/C8H15N3O2/c1-3-7-5(2)6(10-11-9)4-8(12)13-7/h5-8,12H,3-4H2,1-2H3/t5-,6?,7+,8?/m0/s1. The predicted octanol–water partition coefficient (Wildman–Crippen LogP) is 1.82. The van der Waals surface area contributed by atoms with E-state index in [0.29, 0.717) is 6.42 Å². The minimum atomic E-state index is -0.781. The molecule has 5 nitrogen and oxygen atoms in total. The van der Waals surface area contributed by atoms with Crippen LogP contribution in [0.1, 0.15) is 26.7 Å². The van der Waals surface area contributed by atoms with Crippen LogP contribution >= 0.6 is 0 Å². The summed E-state index contributed by atoms with van der Waals surface area (Å²) < 4.78 is 5.30. The van der Waals surface area contributed by atoms with E-state index in [9.17, 15) is 5.11 Å². The zero-order valence-corrected chi connectivity index (χ0v) is 7.92. The fraction of sp³-hybridized carbons (Fsp3) is 1.00. The smallest absolute Gasteiger partial charge is 0.155 e. The molecular weight excluding hydrogens is 170 g/mol. The van der Waals surface area contributed by atoms with Gasteiger partial charge >= 0.3 is 0 Å². The third-order valence-electron chi connectivity index (χ3n) is 2.57. The lowest BCUT2D eigenvalue weighted by molar-refractivity contribution is -0.185. The second-order valence-electron chi connectivity index (χ2n) is 3.40. The molecule has 5 heteroatoms. The first kappa shape index (κ1) is 10.3. The molecule has 74 valence electrons. The predicted molar refractivity (Wildman–Crippen MR) is 47.9 cm³/mol. The maximum absolute atomic E-state index is 9.32. The Hall–Kier alpha value is -0.770. The van der Waals surface area contributed by atoms with Gasteiger partial charge in [0.2, 0.25) is 0 Å².